The van der Waals surface area contributed by atoms with Gasteiger partial charge in [0.1, 0.15) is 5.70 Å². The Bertz CT molecular complexity index is 258. The van der Waals surface area contributed by atoms with E-state index >= 15 is 0 Å². The van der Waals surface area contributed by atoms with E-state index in [1.165, 1.54) is 7.11 Å². The maximum Gasteiger partial charge on any atom is 0.355 e. The van der Waals surface area contributed by atoms with E-state index in [2.05, 4.69) is 20.9 Å². The van der Waals surface area contributed by atoms with Crippen LogP contribution in [0.15, 0.2) is 23.4 Å². The Morgan fingerprint density at radius 3 is 2.92 bits per heavy atom. The summed E-state index contributed by atoms with van der Waals surface area (Å²) in [5, 5.41) is 0. The number of ether oxygens (including phenoxy) is 1. The van der Waals surface area contributed by atoms with Crippen LogP contribution < -0.4 is 0 Å². The van der Waals surface area contributed by atoms with E-state index in [4.69, 9.17) is 0 Å². The number of methoxy groups -OCH3 is 1. The van der Waals surface area contributed by atoms with Gasteiger partial charge in [-0.2, -0.15) is 0 Å². The first-order valence-corrected chi connectivity index (χ1v) is 4.26. The molecule has 1 heterocycles. The SMILES string of the molecule is COC(=O)C1=C(C)C=CCN1Br. The predicted octanol–water partition coefficient (Wildman–Crippen LogP) is 1.62. The smallest absolute Gasteiger partial charge is 0.355 e. The van der Waals surface area contributed by atoms with E-state index in [0.29, 0.717) is 12.2 Å². The number of hydrogen-bond donors (Lipinski definition) is 0. The summed E-state index contributed by atoms with van der Waals surface area (Å²) in [5.41, 5.74) is 1.48. The van der Waals surface area contributed by atoms with Gasteiger partial charge >= 0.3 is 5.97 Å². The first kappa shape index (κ1) is 9.32. The molecule has 0 aliphatic carbocycles. The molecule has 0 unspecified atom stereocenters. The number of halogens is 1. The molecule has 3 nitrogen and oxygen atoms in total. The van der Waals surface area contributed by atoms with Gasteiger partial charge in [-0.25, -0.2) is 4.79 Å². The average molecular weight is 232 g/mol. The van der Waals surface area contributed by atoms with Crippen LogP contribution in [0, 0.1) is 0 Å². The zero-order valence-electron chi connectivity index (χ0n) is 7.00. The highest BCUT2D eigenvalue weighted by Gasteiger charge is 2.19. The highest BCUT2D eigenvalue weighted by atomic mass is 79.9. The van der Waals surface area contributed by atoms with Crippen molar-refractivity contribution in [1.29, 1.82) is 0 Å². The van der Waals surface area contributed by atoms with Crippen LogP contribution in [0.5, 0.6) is 0 Å². The molecule has 0 amide bonds. The van der Waals surface area contributed by atoms with Crippen molar-refractivity contribution in [3.05, 3.63) is 23.4 Å². The molecule has 0 fully saturated rings. The highest BCUT2D eigenvalue weighted by molar-refractivity contribution is 9.07. The van der Waals surface area contributed by atoms with Crippen molar-refractivity contribution < 1.29 is 9.53 Å². The lowest BCUT2D eigenvalue weighted by Gasteiger charge is -2.21. The van der Waals surface area contributed by atoms with Gasteiger partial charge in [0.25, 0.3) is 0 Å². The van der Waals surface area contributed by atoms with Gasteiger partial charge < -0.3 is 4.74 Å². The summed E-state index contributed by atoms with van der Waals surface area (Å²) in [4.78, 5) is 11.2. The highest BCUT2D eigenvalue weighted by Crippen LogP contribution is 2.20. The van der Waals surface area contributed by atoms with Crippen molar-refractivity contribution in [1.82, 2.24) is 3.93 Å². The van der Waals surface area contributed by atoms with Crippen LogP contribution in [0.1, 0.15) is 6.92 Å². The molecular formula is C8H10BrNO2. The van der Waals surface area contributed by atoms with E-state index in [1.54, 1.807) is 3.93 Å². The van der Waals surface area contributed by atoms with E-state index in [9.17, 15) is 4.79 Å². The molecule has 4 heteroatoms. The fourth-order valence-electron chi connectivity index (χ4n) is 1.04. The fraction of sp³-hybridized carbons (Fsp3) is 0.375. The lowest BCUT2D eigenvalue weighted by Crippen LogP contribution is -2.23. The Morgan fingerprint density at radius 2 is 2.42 bits per heavy atom. The monoisotopic (exact) mass is 231 g/mol. The quantitative estimate of drug-likeness (QED) is 0.508. The lowest BCUT2D eigenvalue weighted by atomic mass is 10.1. The largest absolute Gasteiger partial charge is 0.464 e. The Kier molecular flexibility index (Phi) is 2.92. The zero-order chi connectivity index (χ0) is 9.14. The van der Waals surface area contributed by atoms with E-state index in [-0.39, 0.29) is 5.97 Å². The van der Waals surface area contributed by atoms with E-state index in [1.807, 2.05) is 19.1 Å². The van der Waals surface area contributed by atoms with Gasteiger partial charge in [0.2, 0.25) is 0 Å². The molecular weight excluding hydrogens is 222 g/mol. The maximum atomic E-state index is 11.2. The molecule has 1 aliphatic rings. The van der Waals surface area contributed by atoms with Gasteiger partial charge in [0, 0.05) is 6.54 Å². The number of nitrogens with zero attached hydrogens (tertiary/aromatic N) is 1. The summed E-state index contributed by atoms with van der Waals surface area (Å²) in [6.07, 6.45) is 3.88. The molecule has 1 rings (SSSR count). The fourth-order valence-corrected chi connectivity index (χ4v) is 1.63. The van der Waals surface area contributed by atoms with Gasteiger partial charge in [-0.1, -0.05) is 12.2 Å². The molecule has 0 radical (unpaired) electrons. The number of hydrogen-bond acceptors (Lipinski definition) is 3. The topological polar surface area (TPSA) is 29.5 Å². The lowest BCUT2D eigenvalue weighted by molar-refractivity contribution is -0.137. The van der Waals surface area contributed by atoms with E-state index in [0.717, 1.165) is 5.57 Å². The van der Waals surface area contributed by atoms with Gasteiger partial charge in [-0.15, -0.1) is 0 Å². The molecule has 0 spiro atoms. The third-order valence-electron chi connectivity index (χ3n) is 1.63. The van der Waals surface area contributed by atoms with Crippen LogP contribution in [0.3, 0.4) is 0 Å². The van der Waals surface area contributed by atoms with Crippen molar-refractivity contribution >= 4 is 22.1 Å². The van der Waals surface area contributed by atoms with Crippen LogP contribution in [0.25, 0.3) is 0 Å². The molecule has 0 N–H and O–H groups in total. The predicted molar refractivity (Wildman–Crippen MR) is 49.5 cm³/mol. The van der Waals surface area contributed by atoms with Crippen molar-refractivity contribution in [3.63, 3.8) is 0 Å². The van der Waals surface area contributed by atoms with Crippen LogP contribution in [0.2, 0.25) is 0 Å². The number of allylic oxidation sites excluding steroid dienone is 2. The molecule has 1 aliphatic heterocycles. The number of carbonyl (C=O) groups is 1. The summed E-state index contributed by atoms with van der Waals surface area (Å²) in [5.74, 6) is -0.311. The van der Waals surface area contributed by atoms with Crippen molar-refractivity contribution in [3.8, 4) is 0 Å². The molecule has 0 bridgehead atoms. The Labute approximate surface area is 80.0 Å². The van der Waals surface area contributed by atoms with Crippen LogP contribution in [-0.2, 0) is 9.53 Å². The summed E-state index contributed by atoms with van der Waals surface area (Å²) in [7, 11) is 1.38. The maximum absolute atomic E-state index is 11.2. The van der Waals surface area contributed by atoms with E-state index < -0.39 is 0 Å². The van der Waals surface area contributed by atoms with Crippen LogP contribution in [0.4, 0.5) is 0 Å². The Morgan fingerprint density at radius 1 is 1.75 bits per heavy atom. The molecule has 0 aromatic heterocycles. The van der Waals surface area contributed by atoms with Crippen LogP contribution in [-0.4, -0.2) is 23.5 Å². The van der Waals surface area contributed by atoms with Crippen LogP contribution >= 0.6 is 16.1 Å². The Hall–Kier alpha value is -0.770. The minimum Gasteiger partial charge on any atom is -0.464 e. The normalized spacial score (nSPS) is 16.8. The first-order chi connectivity index (χ1) is 5.66. The molecule has 0 saturated carbocycles. The molecule has 66 valence electrons. The van der Waals surface area contributed by atoms with Gasteiger partial charge in [0.15, 0.2) is 0 Å². The average Bonchev–Trinajstić information content (AvgIpc) is 2.03. The summed E-state index contributed by atoms with van der Waals surface area (Å²) < 4.78 is 6.32. The minimum atomic E-state index is -0.311. The second kappa shape index (κ2) is 3.76. The minimum absolute atomic E-state index is 0.311. The summed E-state index contributed by atoms with van der Waals surface area (Å²) in [6.45, 7) is 2.55. The third kappa shape index (κ3) is 1.69. The standard InChI is InChI=1S/C8H10BrNO2/c1-6-4-3-5-10(9)7(6)8(11)12-2/h3-4H,5H2,1-2H3. The molecule has 0 atom stereocenters. The van der Waals surface area contributed by atoms with Crippen molar-refractivity contribution in [2.75, 3.05) is 13.7 Å². The van der Waals surface area contributed by atoms with Crippen molar-refractivity contribution in [2.45, 2.75) is 6.92 Å². The van der Waals surface area contributed by atoms with Gasteiger partial charge in [-0.3, -0.25) is 3.93 Å². The number of esters is 1. The second-order valence-corrected chi connectivity index (χ2v) is 3.33. The molecule has 12 heavy (non-hydrogen) atoms. The van der Waals surface area contributed by atoms with Gasteiger partial charge in [0.05, 0.1) is 23.3 Å². The van der Waals surface area contributed by atoms with Gasteiger partial charge in [-0.05, 0) is 12.5 Å². The van der Waals surface area contributed by atoms with Crippen molar-refractivity contribution in [2.24, 2.45) is 0 Å². The third-order valence-corrected chi connectivity index (χ3v) is 2.27. The Balaban J connectivity index is 2.96. The number of carbonyl (C=O) groups excluding carboxylic acids is 1. The number of rotatable bonds is 1. The summed E-state index contributed by atoms with van der Waals surface area (Å²) in [6, 6.07) is 0. The molecule has 0 aromatic carbocycles. The molecule has 0 aromatic rings. The zero-order valence-corrected chi connectivity index (χ0v) is 8.59. The molecule has 0 saturated heterocycles. The first-order valence-electron chi connectivity index (χ1n) is 3.56. The second-order valence-electron chi connectivity index (χ2n) is 2.47. The summed E-state index contributed by atoms with van der Waals surface area (Å²) >= 11 is 3.26.